The van der Waals surface area contributed by atoms with E-state index in [1.54, 1.807) is 23.6 Å². The van der Waals surface area contributed by atoms with Crippen molar-refractivity contribution in [3.8, 4) is 0 Å². The van der Waals surface area contributed by atoms with E-state index in [1.807, 2.05) is 27.7 Å². The number of rotatable bonds is 3. The smallest absolute Gasteiger partial charge is 0.255 e. The number of nitrogens with zero attached hydrogens (tertiary/aromatic N) is 3. The highest BCUT2D eigenvalue weighted by Crippen LogP contribution is 2.40. The normalized spacial score (nSPS) is 27.3. The van der Waals surface area contributed by atoms with Crippen molar-refractivity contribution < 1.29 is 24.0 Å². The molecule has 0 radical (unpaired) electrons. The molecule has 2 unspecified atom stereocenters. The zero-order valence-corrected chi connectivity index (χ0v) is 22.2. The number of nitrogens with one attached hydrogen (secondary N) is 1. The molecule has 0 saturated carbocycles. The van der Waals surface area contributed by atoms with Gasteiger partial charge in [0.05, 0.1) is 0 Å². The molecule has 36 heavy (non-hydrogen) atoms. The predicted octanol–water partition coefficient (Wildman–Crippen LogP) is 2.58. The molecule has 4 aliphatic rings. The van der Waals surface area contributed by atoms with Crippen LogP contribution in [0.4, 0.5) is 0 Å². The van der Waals surface area contributed by atoms with E-state index < -0.39 is 11.1 Å². The van der Waals surface area contributed by atoms with E-state index in [0.29, 0.717) is 32.5 Å². The van der Waals surface area contributed by atoms with Crippen molar-refractivity contribution in [3.05, 3.63) is 0 Å². The molecule has 0 aliphatic carbocycles. The molecule has 5 amide bonds. The van der Waals surface area contributed by atoms with Crippen molar-refractivity contribution in [2.24, 2.45) is 17.8 Å². The summed E-state index contributed by atoms with van der Waals surface area (Å²) in [4.78, 5) is 65.9. The van der Waals surface area contributed by atoms with Gasteiger partial charge in [-0.15, -0.1) is 0 Å². The lowest BCUT2D eigenvalue weighted by molar-refractivity contribution is -0.153. The van der Waals surface area contributed by atoms with E-state index in [9.17, 15) is 24.0 Å². The highest BCUT2D eigenvalue weighted by atomic mass is 16.2. The molecule has 0 aromatic heterocycles. The number of likely N-dealkylation sites (tertiary alicyclic amines) is 3. The van der Waals surface area contributed by atoms with Crippen LogP contribution >= 0.6 is 0 Å². The summed E-state index contributed by atoms with van der Waals surface area (Å²) in [5, 5.41) is 2.84. The van der Waals surface area contributed by atoms with Crippen molar-refractivity contribution in [1.29, 1.82) is 0 Å². The van der Waals surface area contributed by atoms with Gasteiger partial charge < -0.3 is 15.1 Å². The van der Waals surface area contributed by atoms with Gasteiger partial charge in [0.1, 0.15) is 11.1 Å². The van der Waals surface area contributed by atoms with Crippen LogP contribution in [-0.2, 0) is 24.0 Å². The summed E-state index contributed by atoms with van der Waals surface area (Å²) in [6.45, 7) is 13.6. The number of imide groups is 1. The van der Waals surface area contributed by atoms with Crippen LogP contribution in [0.25, 0.3) is 0 Å². The Hall–Kier alpha value is -2.45. The number of carbonyl (C=O) groups is 5. The monoisotopic (exact) mass is 506 g/mol. The molecule has 204 valence electrons. The molecule has 2 atom stereocenters. The maximum atomic E-state index is 12.7. The lowest BCUT2D eigenvalue weighted by Gasteiger charge is -2.34. The third kappa shape index (κ3) is 5.02. The summed E-state index contributed by atoms with van der Waals surface area (Å²) in [5.41, 5.74) is -1.24. The van der Waals surface area contributed by atoms with Crippen LogP contribution in [0, 0.1) is 17.8 Å². The molecule has 4 fully saturated rings. The van der Waals surface area contributed by atoms with E-state index in [4.69, 9.17) is 0 Å². The molecule has 0 aromatic rings. The Kier molecular flexibility index (Phi) is 9.35. The standard InChI is InChI=1S/C15H24N2O3.C11H18N2O2.CH4/c1-10(2)12(18)16-9-7-15(14(16)20)6-5-8-17(15)13(19)11(3)4;1-8(2)9(14)13-7-3-4-11(13)5-6-12-10(11)15;/h10-11H,5-9H2,1-4H3;8H,3-7H2,1-2H3,(H,12,15);1H4. The first kappa shape index (κ1) is 29.8. The van der Waals surface area contributed by atoms with Crippen molar-refractivity contribution in [2.75, 3.05) is 26.2 Å². The van der Waals surface area contributed by atoms with Gasteiger partial charge in [0.2, 0.25) is 23.6 Å². The zero-order chi connectivity index (χ0) is 26.1. The molecule has 1 N–H and O–H groups in total. The first-order valence-corrected chi connectivity index (χ1v) is 13.2. The van der Waals surface area contributed by atoms with Crippen molar-refractivity contribution >= 4 is 29.5 Å². The van der Waals surface area contributed by atoms with E-state index in [-0.39, 0.29) is 54.7 Å². The van der Waals surface area contributed by atoms with Crippen LogP contribution in [-0.4, -0.2) is 81.5 Å². The highest BCUT2D eigenvalue weighted by molar-refractivity contribution is 6.04. The fraction of sp³-hybridized carbons (Fsp3) is 0.815. The van der Waals surface area contributed by atoms with Gasteiger partial charge in [0.25, 0.3) is 5.91 Å². The van der Waals surface area contributed by atoms with Gasteiger partial charge in [-0.1, -0.05) is 49.0 Å². The minimum Gasteiger partial charge on any atom is -0.354 e. The maximum Gasteiger partial charge on any atom is 0.255 e. The maximum absolute atomic E-state index is 12.7. The van der Waals surface area contributed by atoms with Crippen LogP contribution in [0.15, 0.2) is 0 Å². The summed E-state index contributed by atoms with van der Waals surface area (Å²) in [6.07, 6.45) is 4.68. The van der Waals surface area contributed by atoms with E-state index >= 15 is 0 Å². The SMILES string of the molecule is C.CC(C)C(=O)N1CCC2(CCCN2C(=O)C(C)C)C1=O.CC(C)C(=O)N1CCCC12CCNC2=O. The third-order valence-electron chi connectivity index (χ3n) is 7.90. The van der Waals surface area contributed by atoms with Crippen LogP contribution in [0.5, 0.6) is 0 Å². The number of hydrogen-bond acceptors (Lipinski definition) is 5. The Morgan fingerprint density at radius 1 is 0.694 bits per heavy atom. The van der Waals surface area contributed by atoms with Gasteiger partial charge in [-0.05, 0) is 38.5 Å². The number of hydrogen-bond donors (Lipinski definition) is 1. The van der Waals surface area contributed by atoms with Gasteiger partial charge in [0, 0.05) is 43.9 Å². The van der Waals surface area contributed by atoms with Crippen LogP contribution in [0.1, 0.15) is 87.5 Å². The van der Waals surface area contributed by atoms with Gasteiger partial charge >= 0.3 is 0 Å². The summed E-state index contributed by atoms with van der Waals surface area (Å²) in [5.74, 6) is -0.433. The molecule has 9 nitrogen and oxygen atoms in total. The molecule has 9 heteroatoms. The summed E-state index contributed by atoms with van der Waals surface area (Å²) in [7, 11) is 0. The summed E-state index contributed by atoms with van der Waals surface area (Å²) < 4.78 is 0. The molecule has 0 aromatic carbocycles. The molecule has 2 spiro atoms. The van der Waals surface area contributed by atoms with Crippen LogP contribution in [0.2, 0.25) is 0 Å². The second kappa shape index (κ2) is 11.3. The third-order valence-corrected chi connectivity index (χ3v) is 7.90. The Morgan fingerprint density at radius 3 is 1.61 bits per heavy atom. The average Bonchev–Trinajstić information content (AvgIpc) is 3.58. The Labute approximate surface area is 216 Å². The topological polar surface area (TPSA) is 107 Å². The fourth-order valence-corrected chi connectivity index (χ4v) is 5.94. The fourth-order valence-electron chi connectivity index (χ4n) is 5.94. The first-order chi connectivity index (χ1) is 16.4. The second-order valence-corrected chi connectivity index (χ2v) is 11.3. The first-order valence-electron chi connectivity index (χ1n) is 13.2. The molecule has 0 bridgehead atoms. The lowest BCUT2D eigenvalue weighted by Crippen LogP contribution is -2.54. The molecule has 4 rings (SSSR count). The van der Waals surface area contributed by atoms with E-state index in [2.05, 4.69) is 5.32 Å². The molecule has 4 heterocycles. The van der Waals surface area contributed by atoms with Crippen LogP contribution in [0.3, 0.4) is 0 Å². The predicted molar refractivity (Wildman–Crippen MR) is 138 cm³/mol. The molecule has 4 saturated heterocycles. The zero-order valence-electron chi connectivity index (χ0n) is 22.2. The highest BCUT2D eigenvalue weighted by Gasteiger charge is 2.56. The average molecular weight is 507 g/mol. The number of amides is 5. The van der Waals surface area contributed by atoms with E-state index in [0.717, 1.165) is 32.2 Å². The Bertz CT molecular complexity index is 881. The Balaban J connectivity index is 0.000000256. The minimum atomic E-state index is -0.744. The van der Waals surface area contributed by atoms with Crippen LogP contribution < -0.4 is 5.32 Å². The van der Waals surface area contributed by atoms with Crippen molar-refractivity contribution in [3.63, 3.8) is 0 Å². The molecular weight excluding hydrogens is 460 g/mol. The van der Waals surface area contributed by atoms with Crippen molar-refractivity contribution in [2.45, 2.75) is 98.6 Å². The summed E-state index contributed by atoms with van der Waals surface area (Å²) >= 11 is 0. The number of carbonyl (C=O) groups excluding carboxylic acids is 5. The van der Waals surface area contributed by atoms with E-state index in [1.165, 1.54) is 4.90 Å². The largest absolute Gasteiger partial charge is 0.354 e. The van der Waals surface area contributed by atoms with Gasteiger partial charge in [-0.25, -0.2) is 0 Å². The summed E-state index contributed by atoms with van der Waals surface area (Å²) in [6, 6.07) is 0. The molecule has 4 aliphatic heterocycles. The minimum absolute atomic E-state index is 0. The quantitative estimate of drug-likeness (QED) is 0.633. The Morgan fingerprint density at radius 2 is 1.17 bits per heavy atom. The van der Waals surface area contributed by atoms with Gasteiger partial charge in [0.15, 0.2) is 0 Å². The van der Waals surface area contributed by atoms with Gasteiger partial charge in [-0.2, -0.15) is 0 Å². The second-order valence-electron chi connectivity index (χ2n) is 11.3. The van der Waals surface area contributed by atoms with Gasteiger partial charge in [-0.3, -0.25) is 28.9 Å². The lowest BCUT2D eigenvalue weighted by atomic mass is 9.93. The molecular formula is C27H46N4O5. The van der Waals surface area contributed by atoms with Crippen molar-refractivity contribution in [1.82, 2.24) is 20.0 Å².